The fourth-order valence-corrected chi connectivity index (χ4v) is 11.4. The van der Waals surface area contributed by atoms with Crippen LogP contribution < -0.4 is 5.32 Å². The third kappa shape index (κ3) is 64.3. The van der Waals surface area contributed by atoms with Crippen molar-refractivity contribution in [2.45, 2.75) is 367 Å². The normalized spacial score (nSPS) is 13.8. The van der Waals surface area contributed by atoms with Gasteiger partial charge < -0.3 is 19.4 Å². The molecular weight excluding hydrogens is 1050 g/mol. The summed E-state index contributed by atoms with van der Waals surface area (Å²) in [6, 6.07) is -0.849. The molecule has 83 heavy (non-hydrogen) atoms. The minimum atomic E-state index is -4.45. The van der Waals surface area contributed by atoms with Crippen molar-refractivity contribution < 1.29 is 37.3 Å². The average molecular weight is 1190 g/mol. The van der Waals surface area contributed by atoms with E-state index in [0.717, 1.165) is 64.2 Å². The molecule has 0 aliphatic heterocycles. The number of phosphoric ester groups is 1. The van der Waals surface area contributed by atoms with Crippen LogP contribution in [0.25, 0.3) is 0 Å². The molecule has 9 nitrogen and oxygen atoms in total. The zero-order chi connectivity index (χ0) is 60.7. The molecule has 0 heterocycles. The number of hydrogen-bond donors (Lipinski definition) is 2. The highest BCUT2D eigenvalue weighted by atomic mass is 31.2. The first-order chi connectivity index (χ1) is 40.4. The van der Waals surface area contributed by atoms with E-state index < -0.39 is 20.0 Å². The minimum Gasteiger partial charge on any atom is -0.456 e. The number of likely N-dealkylation sites (N-methyl/N-ethyl adjacent to an activating group) is 1. The number of esters is 1. The Morgan fingerprint density at radius 3 is 1.12 bits per heavy atom. The first-order valence-electron chi connectivity index (χ1n) is 36.0. The van der Waals surface area contributed by atoms with Crippen LogP contribution >= 0.6 is 7.82 Å². The van der Waals surface area contributed by atoms with Gasteiger partial charge in [0, 0.05) is 12.8 Å². The Bertz CT molecular complexity index is 1560. The number of amides is 1. The second kappa shape index (κ2) is 63.0. The maximum absolute atomic E-state index is 13.6. The van der Waals surface area contributed by atoms with Gasteiger partial charge in [0.25, 0.3) is 0 Å². The lowest BCUT2D eigenvalue weighted by Crippen LogP contribution is -2.47. The molecule has 0 rings (SSSR count). The molecule has 0 saturated carbocycles. The van der Waals surface area contributed by atoms with Crippen LogP contribution in [-0.2, 0) is 27.9 Å². The van der Waals surface area contributed by atoms with Gasteiger partial charge >= 0.3 is 13.8 Å². The fraction of sp³-hybridized carbons (Fsp3) is 0.863. The Balaban J connectivity index is 5.09. The maximum atomic E-state index is 13.6. The molecular formula is C73H140N2O7P+. The summed E-state index contributed by atoms with van der Waals surface area (Å²) in [5.74, 6) is -0.491. The van der Waals surface area contributed by atoms with Crippen LogP contribution in [0, 0.1) is 0 Å². The predicted octanol–water partition coefficient (Wildman–Crippen LogP) is 22.8. The maximum Gasteiger partial charge on any atom is 0.472 e. The van der Waals surface area contributed by atoms with E-state index in [0.29, 0.717) is 23.9 Å². The second-order valence-corrected chi connectivity index (χ2v) is 27.2. The number of quaternary nitrogens is 1. The van der Waals surface area contributed by atoms with Crippen molar-refractivity contribution >= 4 is 19.7 Å². The Morgan fingerprint density at radius 2 is 0.735 bits per heavy atom. The number of rotatable bonds is 66. The molecule has 0 saturated heterocycles. The van der Waals surface area contributed by atoms with E-state index in [2.05, 4.69) is 62.5 Å². The number of nitrogens with zero attached hydrogens (tertiary/aromatic N) is 1. The van der Waals surface area contributed by atoms with Crippen LogP contribution in [0.5, 0.6) is 0 Å². The molecule has 3 unspecified atom stereocenters. The lowest BCUT2D eigenvalue weighted by molar-refractivity contribution is -0.870. The highest BCUT2D eigenvalue weighted by molar-refractivity contribution is 7.47. The zero-order valence-electron chi connectivity index (χ0n) is 56.0. The van der Waals surface area contributed by atoms with E-state index in [-0.39, 0.29) is 25.1 Å². The monoisotopic (exact) mass is 1190 g/mol. The van der Waals surface area contributed by atoms with Gasteiger partial charge in [-0.3, -0.25) is 18.6 Å². The number of carbonyl (C=O) groups excluding carboxylic acids is 2. The summed E-state index contributed by atoms with van der Waals surface area (Å²) in [4.78, 5) is 37.9. The summed E-state index contributed by atoms with van der Waals surface area (Å²) >= 11 is 0. The highest BCUT2D eigenvalue weighted by Crippen LogP contribution is 2.43. The number of hydrogen-bond acceptors (Lipinski definition) is 6. The van der Waals surface area contributed by atoms with Crippen LogP contribution in [0.15, 0.2) is 48.6 Å². The lowest BCUT2D eigenvalue weighted by atomic mass is 10.0. The summed E-state index contributed by atoms with van der Waals surface area (Å²) < 4.78 is 30.9. The number of unbranched alkanes of at least 4 members (excludes halogenated alkanes) is 44. The van der Waals surface area contributed by atoms with Crippen molar-refractivity contribution in [1.29, 1.82) is 0 Å². The van der Waals surface area contributed by atoms with Crippen LogP contribution in [0.2, 0.25) is 0 Å². The van der Waals surface area contributed by atoms with Gasteiger partial charge in [-0.2, -0.15) is 0 Å². The van der Waals surface area contributed by atoms with Crippen LogP contribution in [0.1, 0.15) is 355 Å². The zero-order valence-corrected chi connectivity index (χ0v) is 56.8. The van der Waals surface area contributed by atoms with Gasteiger partial charge in [0.05, 0.1) is 33.8 Å². The molecule has 3 atom stereocenters. The Morgan fingerprint density at radius 1 is 0.422 bits per heavy atom. The van der Waals surface area contributed by atoms with Gasteiger partial charge in [-0.1, -0.05) is 301 Å². The average Bonchev–Trinajstić information content (AvgIpc) is 3.47. The molecule has 0 fully saturated rings. The SMILES string of the molecule is CCCCC/C=C\C/C=C\CCCCCCCCCCCCCC(=O)OC(/C=C/CCCCCCCCCCCCC)C(COP(=O)(O)OCC[N+](C)(C)C)NC(=O)CCCCCCCCCCCCCCC/C=C/CCCCCCCC. The molecule has 0 bridgehead atoms. The molecule has 0 aliphatic carbocycles. The molecule has 0 spiro atoms. The summed E-state index contributed by atoms with van der Waals surface area (Å²) in [6.45, 7) is 7.04. The molecule has 0 aliphatic rings. The fourth-order valence-electron chi connectivity index (χ4n) is 10.7. The molecule has 0 aromatic carbocycles. The first-order valence-corrected chi connectivity index (χ1v) is 37.5. The van der Waals surface area contributed by atoms with E-state index in [1.54, 1.807) is 0 Å². The topological polar surface area (TPSA) is 111 Å². The van der Waals surface area contributed by atoms with Crippen LogP contribution in [-0.4, -0.2) is 74.3 Å². The summed E-state index contributed by atoms with van der Waals surface area (Å²) in [7, 11) is 1.51. The number of allylic oxidation sites excluding steroid dienone is 7. The number of carbonyl (C=O) groups is 2. The van der Waals surface area contributed by atoms with Crippen molar-refractivity contribution in [3.8, 4) is 0 Å². The smallest absolute Gasteiger partial charge is 0.456 e. The predicted molar refractivity (Wildman–Crippen MR) is 360 cm³/mol. The van der Waals surface area contributed by atoms with E-state index >= 15 is 0 Å². The molecule has 488 valence electrons. The number of phosphoric acid groups is 1. The standard InChI is InChI=1S/C73H139N2O7P/c1-7-10-13-16-19-22-25-28-30-32-34-36-37-39-40-42-44-47-50-53-56-59-62-65-72(76)74-70(69-81-83(78,79)80-68-67-75(4,5)6)71(64-61-58-55-52-49-46-27-24-21-18-15-12-9-3)82-73(77)66-63-60-57-54-51-48-45-43-41-38-35-33-31-29-26-23-20-17-14-11-8-2/h20,23,28-31,61,64,70-71H,7-19,21-22,24-27,32-60,62-63,65-69H2,1-6H3,(H-,74,76,78,79)/p+1/b23-20-,30-28+,31-29-,64-61+. The van der Waals surface area contributed by atoms with Gasteiger partial charge in [0.1, 0.15) is 19.3 Å². The van der Waals surface area contributed by atoms with Gasteiger partial charge in [-0.25, -0.2) is 4.57 Å². The van der Waals surface area contributed by atoms with Gasteiger partial charge in [-0.05, 0) is 89.5 Å². The van der Waals surface area contributed by atoms with Gasteiger partial charge in [0.15, 0.2) is 0 Å². The molecule has 0 aromatic rings. The minimum absolute atomic E-state index is 0.0413. The van der Waals surface area contributed by atoms with Crippen LogP contribution in [0.4, 0.5) is 0 Å². The van der Waals surface area contributed by atoms with Crippen LogP contribution in [0.3, 0.4) is 0 Å². The molecule has 10 heteroatoms. The van der Waals surface area contributed by atoms with Gasteiger partial charge in [0.2, 0.25) is 5.91 Å². The Labute approximate surface area is 516 Å². The first kappa shape index (κ1) is 81.0. The summed E-state index contributed by atoms with van der Waals surface area (Å²) in [5, 5.41) is 3.08. The van der Waals surface area contributed by atoms with Crippen molar-refractivity contribution in [2.24, 2.45) is 0 Å². The summed E-state index contributed by atoms with van der Waals surface area (Å²) in [6.07, 6.45) is 79.7. The molecule has 2 N–H and O–H groups in total. The number of ether oxygens (including phenoxy) is 1. The largest absolute Gasteiger partial charge is 0.472 e. The lowest BCUT2D eigenvalue weighted by Gasteiger charge is -2.27. The highest BCUT2D eigenvalue weighted by Gasteiger charge is 2.30. The summed E-state index contributed by atoms with van der Waals surface area (Å²) in [5.41, 5.74) is 0. The van der Waals surface area contributed by atoms with E-state index in [9.17, 15) is 19.0 Å². The van der Waals surface area contributed by atoms with E-state index in [1.807, 2.05) is 33.3 Å². The number of nitrogens with one attached hydrogen (secondary N) is 1. The molecule has 0 radical (unpaired) electrons. The van der Waals surface area contributed by atoms with Crippen molar-refractivity contribution in [3.05, 3.63) is 48.6 Å². The Kier molecular flexibility index (Phi) is 61.5. The Hall–Kier alpha value is -2.03. The third-order valence-electron chi connectivity index (χ3n) is 16.2. The van der Waals surface area contributed by atoms with E-state index in [1.165, 1.54) is 257 Å². The van der Waals surface area contributed by atoms with Crippen molar-refractivity contribution in [3.63, 3.8) is 0 Å². The third-order valence-corrected chi connectivity index (χ3v) is 17.2. The second-order valence-electron chi connectivity index (χ2n) is 25.8. The van der Waals surface area contributed by atoms with Gasteiger partial charge in [-0.15, -0.1) is 0 Å². The van der Waals surface area contributed by atoms with Crippen molar-refractivity contribution in [2.75, 3.05) is 40.9 Å². The quantitative estimate of drug-likeness (QED) is 0.0205. The van der Waals surface area contributed by atoms with Crippen molar-refractivity contribution in [1.82, 2.24) is 5.32 Å². The van der Waals surface area contributed by atoms with E-state index in [4.69, 9.17) is 13.8 Å². The molecule has 0 aromatic heterocycles. The molecule has 1 amide bonds.